The molecule has 26 heavy (non-hydrogen) atoms. The molecule has 1 aliphatic carbocycles. The normalized spacial score (nSPS) is 16.1. The highest BCUT2D eigenvalue weighted by molar-refractivity contribution is 9.10. The van der Waals surface area contributed by atoms with Gasteiger partial charge in [0.15, 0.2) is 5.11 Å². The average molecular weight is 453 g/mol. The van der Waals surface area contributed by atoms with E-state index in [9.17, 15) is 0 Å². The number of nitrogens with zero attached hydrogens (tertiary/aromatic N) is 1. The predicted molar refractivity (Wildman–Crippen MR) is 117 cm³/mol. The highest BCUT2D eigenvalue weighted by Gasteiger charge is 2.34. The molecular formula is C20H23BrClN3S. The smallest absolute Gasteiger partial charge is 0.171 e. The Hall–Kier alpha value is -1.17. The van der Waals surface area contributed by atoms with Crippen LogP contribution in [-0.2, 0) is 5.41 Å². The van der Waals surface area contributed by atoms with Crippen molar-refractivity contribution >= 4 is 50.7 Å². The van der Waals surface area contributed by atoms with Gasteiger partial charge in [-0.2, -0.15) is 0 Å². The zero-order valence-corrected chi connectivity index (χ0v) is 18.0. The maximum Gasteiger partial charge on any atom is 0.171 e. The third kappa shape index (κ3) is 4.76. The Kier molecular flexibility index (Phi) is 6.54. The van der Waals surface area contributed by atoms with Crippen LogP contribution in [0.3, 0.4) is 0 Å². The Morgan fingerprint density at radius 1 is 1.27 bits per heavy atom. The number of hydrogen-bond acceptors (Lipinski definition) is 2. The molecule has 1 aromatic carbocycles. The molecule has 0 saturated heterocycles. The van der Waals surface area contributed by atoms with Crippen molar-refractivity contribution in [3.8, 4) is 0 Å². The summed E-state index contributed by atoms with van der Waals surface area (Å²) in [6, 6.07) is 10.2. The Labute approximate surface area is 174 Å². The molecule has 3 nitrogen and oxygen atoms in total. The Morgan fingerprint density at radius 3 is 2.73 bits per heavy atom. The third-order valence-corrected chi connectivity index (χ3v) is 6.44. The second kappa shape index (κ2) is 8.68. The molecule has 0 amide bonds. The monoisotopic (exact) mass is 451 g/mol. The number of hydrogen-bond donors (Lipinski definition) is 2. The third-order valence-electron chi connectivity index (χ3n) is 5.12. The van der Waals surface area contributed by atoms with Gasteiger partial charge in [0, 0.05) is 27.7 Å². The molecule has 1 saturated carbocycles. The maximum absolute atomic E-state index is 6.25. The zero-order valence-electron chi connectivity index (χ0n) is 14.8. The number of nitrogens with one attached hydrogen (secondary N) is 2. The van der Waals surface area contributed by atoms with E-state index in [1.54, 1.807) is 6.20 Å². The Bertz CT molecular complexity index is 790. The summed E-state index contributed by atoms with van der Waals surface area (Å²) in [5, 5.41) is 8.01. The van der Waals surface area contributed by atoms with E-state index >= 15 is 0 Å². The van der Waals surface area contributed by atoms with E-state index in [2.05, 4.69) is 43.7 Å². The number of aryl methyl sites for hydroxylation is 1. The molecule has 138 valence electrons. The largest absolute Gasteiger partial charge is 0.362 e. The lowest BCUT2D eigenvalue weighted by atomic mass is 9.69. The van der Waals surface area contributed by atoms with Crippen LogP contribution >= 0.6 is 39.7 Å². The van der Waals surface area contributed by atoms with Crippen LogP contribution in [0.15, 0.2) is 41.0 Å². The van der Waals surface area contributed by atoms with E-state index in [0.29, 0.717) is 5.11 Å². The molecule has 0 unspecified atom stereocenters. The average Bonchev–Trinajstić information content (AvgIpc) is 2.64. The van der Waals surface area contributed by atoms with Gasteiger partial charge < -0.3 is 10.6 Å². The van der Waals surface area contributed by atoms with Crippen LogP contribution in [0.4, 0.5) is 5.82 Å². The number of halogens is 2. The SMILES string of the molecule is Cc1cc(NC(=S)NCC2(c3cccc(Cl)c3)CCCCC2)ncc1Br. The number of pyridine rings is 1. The summed E-state index contributed by atoms with van der Waals surface area (Å²) in [7, 11) is 0. The summed E-state index contributed by atoms with van der Waals surface area (Å²) in [5.41, 5.74) is 2.50. The number of benzene rings is 1. The van der Waals surface area contributed by atoms with E-state index in [1.165, 1.54) is 24.8 Å². The van der Waals surface area contributed by atoms with Crippen molar-refractivity contribution < 1.29 is 0 Å². The first-order chi connectivity index (χ1) is 12.5. The first kappa shape index (κ1) is 19.6. The van der Waals surface area contributed by atoms with Crippen LogP contribution in [-0.4, -0.2) is 16.6 Å². The summed E-state index contributed by atoms with van der Waals surface area (Å²) >= 11 is 15.2. The Morgan fingerprint density at radius 2 is 2.04 bits per heavy atom. The van der Waals surface area contributed by atoms with Gasteiger partial charge in [-0.15, -0.1) is 0 Å². The first-order valence-corrected chi connectivity index (χ1v) is 10.5. The van der Waals surface area contributed by atoms with E-state index in [-0.39, 0.29) is 5.41 Å². The summed E-state index contributed by atoms with van der Waals surface area (Å²) in [6.45, 7) is 2.83. The van der Waals surface area contributed by atoms with Crippen LogP contribution in [0.25, 0.3) is 0 Å². The molecule has 2 N–H and O–H groups in total. The number of rotatable bonds is 4. The highest BCUT2D eigenvalue weighted by atomic mass is 79.9. The number of anilines is 1. The molecular weight excluding hydrogens is 430 g/mol. The van der Waals surface area contributed by atoms with Gasteiger partial charge >= 0.3 is 0 Å². The standard InChI is InChI=1S/C20H23BrClN3S/c1-14-10-18(23-12-17(14)21)25-19(26)24-13-20(8-3-2-4-9-20)15-6-5-7-16(22)11-15/h5-7,10-12H,2-4,8-9,13H2,1H3,(H2,23,24,25,26). The predicted octanol–water partition coefficient (Wildman–Crippen LogP) is 5.99. The van der Waals surface area contributed by atoms with Gasteiger partial charge in [0.2, 0.25) is 0 Å². The van der Waals surface area contributed by atoms with Gasteiger partial charge in [0.05, 0.1) is 0 Å². The fraction of sp³-hybridized carbons (Fsp3) is 0.400. The summed E-state index contributed by atoms with van der Waals surface area (Å²) in [5.74, 6) is 0.753. The van der Waals surface area contributed by atoms with Crippen molar-refractivity contribution in [1.82, 2.24) is 10.3 Å². The van der Waals surface area contributed by atoms with Gasteiger partial charge in [-0.1, -0.05) is 43.0 Å². The minimum Gasteiger partial charge on any atom is -0.362 e. The lowest BCUT2D eigenvalue weighted by Crippen LogP contribution is -2.43. The topological polar surface area (TPSA) is 37.0 Å². The quantitative estimate of drug-likeness (QED) is 0.558. The van der Waals surface area contributed by atoms with Gasteiger partial charge in [0.1, 0.15) is 5.82 Å². The number of aromatic nitrogens is 1. The first-order valence-electron chi connectivity index (χ1n) is 8.92. The van der Waals surface area contributed by atoms with Crippen molar-refractivity contribution in [3.63, 3.8) is 0 Å². The van der Waals surface area contributed by atoms with Gasteiger partial charge in [-0.25, -0.2) is 4.98 Å². The van der Waals surface area contributed by atoms with Crippen LogP contribution in [0.2, 0.25) is 5.02 Å². The van der Waals surface area contributed by atoms with Crippen LogP contribution in [0.5, 0.6) is 0 Å². The minimum absolute atomic E-state index is 0.0813. The summed E-state index contributed by atoms with van der Waals surface area (Å²) < 4.78 is 0.990. The fourth-order valence-corrected chi connectivity index (χ4v) is 4.22. The minimum atomic E-state index is 0.0813. The van der Waals surface area contributed by atoms with Crippen molar-refractivity contribution in [1.29, 1.82) is 0 Å². The van der Waals surface area contributed by atoms with Gasteiger partial charge in [-0.3, -0.25) is 0 Å². The molecule has 1 aromatic heterocycles. The van der Waals surface area contributed by atoms with Crippen molar-refractivity contribution in [2.45, 2.75) is 44.4 Å². The summed E-state index contributed by atoms with van der Waals surface area (Å²) in [6.07, 6.45) is 7.86. The molecule has 1 fully saturated rings. The fourth-order valence-electron chi connectivity index (χ4n) is 3.63. The molecule has 0 aliphatic heterocycles. The van der Waals surface area contributed by atoms with Gasteiger partial charge in [0.25, 0.3) is 0 Å². The molecule has 1 heterocycles. The molecule has 2 aromatic rings. The molecule has 3 rings (SSSR count). The van der Waals surface area contributed by atoms with Crippen LogP contribution in [0.1, 0.15) is 43.2 Å². The van der Waals surface area contributed by atoms with E-state index in [1.807, 2.05) is 25.1 Å². The van der Waals surface area contributed by atoms with Crippen molar-refractivity contribution in [2.24, 2.45) is 0 Å². The molecule has 6 heteroatoms. The maximum atomic E-state index is 6.25. The van der Waals surface area contributed by atoms with Crippen molar-refractivity contribution in [2.75, 3.05) is 11.9 Å². The second-order valence-corrected chi connectivity index (χ2v) is 8.68. The molecule has 0 radical (unpaired) electrons. The second-order valence-electron chi connectivity index (χ2n) is 6.98. The van der Waals surface area contributed by atoms with E-state index in [0.717, 1.165) is 40.3 Å². The highest BCUT2D eigenvalue weighted by Crippen LogP contribution is 2.39. The van der Waals surface area contributed by atoms with Gasteiger partial charge in [-0.05, 0) is 77.2 Å². The van der Waals surface area contributed by atoms with Crippen LogP contribution in [0, 0.1) is 6.92 Å². The Balaban J connectivity index is 1.69. The molecule has 0 spiro atoms. The van der Waals surface area contributed by atoms with E-state index < -0.39 is 0 Å². The molecule has 0 bridgehead atoms. The van der Waals surface area contributed by atoms with E-state index in [4.69, 9.17) is 23.8 Å². The van der Waals surface area contributed by atoms with Crippen molar-refractivity contribution in [3.05, 3.63) is 57.2 Å². The lowest BCUT2D eigenvalue weighted by molar-refractivity contribution is 0.292. The summed E-state index contributed by atoms with van der Waals surface area (Å²) in [4.78, 5) is 4.36. The molecule has 1 aliphatic rings. The number of thiocarbonyl (C=S) groups is 1. The zero-order chi connectivity index (χ0) is 18.6. The lowest BCUT2D eigenvalue weighted by Gasteiger charge is -2.38. The molecule has 0 atom stereocenters. The van der Waals surface area contributed by atoms with Crippen LogP contribution < -0.4 is 10.6 Å².